The number of fused-ring (bicyclic) bond motifs is 1. The zero-order valence-corrected chi connectivity index (χ0v) is 24.2. The summed E-state index contributed by atoms with van der Waals surface area (Å²) in [7, 11) is 0. The highest BCUT2D eigenvalue weighted by molar-refractivity contribution is 5.78. The molecule has 0 saturated heterocycles. The summed E-state index contributed by atoms with van der Waals surface area (Å²) < 4.78 is 0. The van der Waals surface area contributed by atoms with E-state index in [-0.39, 0.29) is 18.5 Å². The average Bonchev–Trinajstić information content (AvgIpc) is 3.53. The number of H-pyrrole nitrogens is 1. The van der Waals surface area contributed by atoms with Gasteiger partial charge in [0.15, 0.2) is 18.5 Å². The number of nitrogens with one attached hydrogen (secondary N) is 1. The lowest BCUT2D eigenvalue weighted by molar-refractivity contribution is -0.138. The molecule has 45 heavy (non-hydrogen) atoms. The van der Waals surface area contributed by atoms with Gasteiger partial charge in [0.25, 0.3) is 0 Å². The number of nitrogens with zero attached hydrogens (tertiary/aromatic N) is 1. The van der Waals surface area contributed by atoms with Crippen LogP contribution in [-0.4, -0.2) is 160 Å². The number of hydrogen-bond acceptors (Lipinski definition) is 15. The van der Waals surface area contributed by atoms with E-state index in [1.807, 2.05) is 18.3 Å². The zero-order chi connectivity index (χ0) is 35.1. The fraction of sp³-hybridized carbons (Fsp3) is 0.538. The Morgan fingerprint density at radius 2 is 1.27 bits per heavy atom. The first-order valence-electron chi connectivity index (χ1n) is 13.2. The molecule has 19 nitrogen and oxygen atoms in total. The van der Waals surface area contributed by atoms with Crippen molar-refractivity contribution in [3.05, 3.63) is 36.5 Å². The van der Waals surface area contributed by atoms with E-state index in [2.05, 4.69) is 28.2 Å². The number of guanidine groups is 1. The Bertz CT molecular complexity index is 1040. The fourth-order valence-corrected chi connectivity index (χ4v) is 2.87. The Morgan fingerprint density at radius 1 is 0.800 bits per heavy atom. The molecule has 258 valence electrons. The third kappa shape index (κ3) is 18.7. The number of aliphatic carboxylic acids is 1. The number of aliphatic hydroxyl groups excluding tert-OH is 10. The minimum atomic E-state index is -1.79. The number of hydrogen-bond donors (Lipinski definition) is 15. The first-order chi connectivity index (χ1) is 21.1. The van der Waals surface area contributed by atoms with Gasteiger partial charge in [-0.05, 0) is 30.4 Å². The fourth-order valence-electron chi connectivity index (χ4n) is 2.87. The number of aliphatic imine (C=N–C) groups is 1. The van der Waals surface area contributed by atoms with Gasteiger partial charge in [-0.15, -0.1) is 0 Å². The Hall–Kier alpha value is -3.60. The molecule has 2 rings (SSSR count). The average molecular weight is 652 g/mol. The number of carbonyl (C=O) groups excluding carboxylic acids is 2. The molecule has 18 N–H and O–H groups in total. The van der Waals surface area contributed by atoms with Crippen molar-refractivity contribution in [3.63, 3.8) is 0 Å². The van der Waals surface area contributed by atoms with Gasteiger partial charge >= 0.3 is 5.97 Å². The van der Waals surface area contributed by atoms with Crippen molar-refractivity contribution in [2.24, 2.45) is 22.2 Å². The molecule has 0 amide bonds. The lowest BCUT2D eigenvalue weighted by Crippen LogP contribution is -2.46. The van der Waals surface area contributed by atoms with Gasteiger partial charge in [-0.1, -0.05) is 18.2 Å². The molecule has 2 aromatic rings. The molecule has 1 heterocycles. The molecule has 9 atom stereocenters. The summed E-state index contributed by atoms with van der Waals surface area (Å²) in [6.45, 7) is -1.10. The summed E-state index contributed by atoms with van der Waals surface area (Å²) in [5.74, 6) is -0.987. The van der Waals surface area contributed by atoms with Crippen LogP contribution in [0.5, 0.6) is 0 Å². The van der Waals surface area contributed by atoms with E-state index in [1.165, 1.54) is 10.9 Å². The quantitative estimate of drug-likeness (QED) is 0.0368. The molecule has 1 unspecified atom stereocenters. The molecule has 0 aliphatic rings. The summed E-state index contributed by atoms with van der Waals surface area (Å²) >= 11 is 0. The van der Waals surface area contributed by atoms with Gasteiger partial charge in [0.1, 0.15) is 54.9 Å². The highest BCUT2D eigenvalue weighted by Crippen LogP contribution is 2.09. The van der Waals surface area contributed by atoms with E-state index in [1.54, 1.807) is 0 Å². The number of rotatable bonds is 15. The topological polar surface area (TPSA) is 380 Å². The SMILES string of the molecule is NC(N)=NCCCC(N)C(=O)O.O=C[C@H](O)[C@@H](O)[C@H](O)[C@H](O)CO.O=C[C@H](O)[C@@H](O)[C@H](O)[C@H](O)CO.c1ccc2[nH]ccc2c1. The van der Waals surface area contributed by atoms with Crippen LogP contribution in [0.3, 0.4) is 0 Å². The lowest BCUT2D eigenvalue weighted by Gasteiger charge is -2.22. The Morgan fingerprint density at radius 3 is 1.64 bits per heavy atom. The maximum Gasteiger partial charge on any atom is 0.320 e. The number of carboxylic acid groups (broad SMARTS) is 1. The minimum absolute atomic E-state index is 0.0129. The van der Waals surface area contributed by atoms with E-state index >= 15 is 0 Å². The van der Waals surface area contributed by atoms with E-state index in [0.29, 0.717) is 19.4 Å². The van der Waals surface area contributed by atoms with Crippen LogP contribution in [0.1, 0.15) is 12.8 Å². The largest absolute Gasteiger partial charge is 0.480 e. The predicted octanol–water partition coefficient (Wildman–Crippen LogP) is -6.14. The van der Waals surface area contributed by atoms with Gasteiger partial charge in [0.2, 0.25) is 0 Å². The maximum absolute atomic E-state index is 10.2. The van der Waals surface area contributed by atoms with Crippen molar-refractivity contribution >= 4 is 35.4 Å². The smallest absolute Gasteiger partial charge is 0.320 e. The summed E-state index contributed by atoms with van der Waals surface area (Å²) in [4.78, 5) is 36.8. The normalized spacial score (nSPS) is 16.5. The molecule has 0 aliphatic carbocycles. The van der Waals surface area contributed by atoms with Crippen molar-refractivity contribution < 1.29 is 70.6 Å². The van der Waals surface area contributed by atoms with E-state index in [9.17, 15) is 14.4 Å². The second-order valence-corrected chi connectivity index (χ2v) is 9.17. The molecule has 0 aliphatic heterocycles. The number of benzene rings is 1. The van der Waals surface area contributed by atoms with Crippen LogP contribution in [0.25, 0.3) is 10.9 Å². The predicted molar refractivity (Wildman–Crippen MR) is 158 cm³/mol. The Labute approximate surface area is 257 Å². The van der Waals surface area contributed by atoms with E-state index < -0.39 is 74.1 Å². The van der Waals surface area contributed by atoms with Crippen molar-refractivity contribution in [1.82, 2.24) is 4.98 Å². The number of nitrogens with two attached hydrogens (primary N) is 3. The monoisotopic (exact) mass is 651 g/mol. The number of carboxylic acids is 1. The molecular weight excluding hydrogens is 606 g/mol. The van der Waals surface area contributed by atoms with Crippen LogP contribution < -0.4 is 17.2 Å². The number of carbonyl (C=O) groups is 3. The molecule has 19 heteroatoms. The molecule has 0 fully saturated rings. The molecule has 0 spiro atoms. The number of aromatic amines is 1. The van der Waals surface area contributed by atoms with Crippen molar-refractivity contribution in [1.29, 1.82) is 0 Å². The standard InChI is InChI=1S/C8H7N.C6H14N4O2.2C6H12O6/c1-2-4-8-7(3-1)5-6-9-8;7-4(5(11)12)2-1-3-10-6(8)9;2*7-1-3(9)5(11)6(12)4(10)2-8/h1-6,9H;4H,1-3,7H2,(H,11,12)(H4,8,9,10);2*1,3-6,8-12H,2H2/t;;2*3-,4+,5+,6+/m..00/s1. The highest BCUT2D eigenvalue weighted by Gasteiger charge is 2.30. The van der Waals surface area contributed by atoms with Crippen LogP contribution in [0.2, 0.25) is 0 Å². The van der Waals surface area contributed by atoms with Crippen molar-refractivity contribution in [2.75, 3.05) is 19.8 Å². The van der Waals surface area contributed by atoms with Crippen LogP contribution in [-0.2, 0) is 14.4 Å². The summed E-state index contributed by atoms with van der Waals surface area (Å²) in [6.07, 6.45) is -10.8. The second kappa shape index (κ2) is 24.7. The van der Waals surface area contributed by atoms with Gasteiger partial charge in [-0.25, -0.2) is 0 Å². The van der Waals surface area contributed by atoms with Crippen LogP contribution in [0.15, 0.2) is 41.5 Å². The third-order valence-electron chi connectivity index (χ3n) is 5.59. The number of aliphatic hydroxyl groups is 10. The second-order valence-electron chi connectivity index (χ2n) is 9.17. The van der Waals surface area contributed by atoms with Crippen molar-refractivity contribution in [2.45, 2.75) is 67.7 Å². The van der Waals surface area contributed by atoms with Gasteiger partial charge < -0.3 is 87.9 Å². The number of aldehydes is 2. The maximum atomic E-state index is 10.2. The van der Waals surface area contributed by atoms with E-state index in [0.717, 1.165) is 0 Å². The molecular formula is C26H45N5O14. The summed E-state index contributed by atoms with van der Waals surface area (Å²) in [5.41, 5.74) is 16.5. The molecule has 0 radical (unpaired) electrons. The Kier molecular flexibility index (Phi) is 23.9. The van der Waals surface area contributed by atoms with Gasteiger partial charge in [0, 0.05) is 18.3 Å². The molecule has 1 aromatic carbocycles. The number of aromatic nitrogens is 1. The van der Waals surface area contributed by atoms with Crippen molar-refractivity contribution in [3.8, 4) is 0 Å². The third-order valence-corrected chi connectivity index (χ3v) is 5.59. The molecule has 0 saturated carbocycles. The van der Waals surface area contributed by atoms with E-state index in [4.69, 9.17) is 73.4 Å². The van der Waals surface area contributed by atoms with Gasteiger partial charge in [-0.3, -0.25) is 9.79 Å². The minimum Gasteiger partial charge on any atom is -0.480 e. The highest BCUT2D eigenvalue weighted by atomic mass is 16.4. The van der Waals surface area contributed by atoms with Crippen LogP contribution >= 0.6 is 0 Å². The summed E-state index contributed by atoms with van der Waals surface area (Å²) in [5, 5.41) is 96.7. The lowest BCUT2D eigenvalue weighted by atomic mass is 10.0. The Balaban J connectivity index is 0. The number of para-hydroxylation sites is 1. The van der Waals surface area contributed by atoms with Gasteiger partial charge in [-0.2, -0.15) is 0 Å². The van der Waals surface area contributed by atoms with Crippen LogP contribution in [0.4, 0.5) is 0 Å². The summed E-state index contributed by atoms with van der Waals surface area (Å²) in [6, 6.07) is 9.46. The first kappa shape index (κ1) is 43.5. The first-order valence-corrected chi connectivity index (χ1v) is 13.2. The van der Waals surface area contributed by atoms with Gasteiger partial charge in [0.05, 0.1) is 13.2 Å². The zero-order valence-electron chi connectivity index (χ0n) is 24.2. The van der Waals surface area contributed by atoms with Crippen LogP contribution in [0, 0.1) is 0 Å². The molecule has 1 aromatic heterocycles. The molecule has 0 bridgehead atoms.